The molecule has 0 unspecified atom stereocenters. The van der Waals surface area contributed by atoms with Gasteiger partial charge in [-0.15, -0.1) is 0 Å². The van der Waals surface area contributed by atoms with Gasteiger partial charge < -0.3 is 14.8 Å². The molecule has 0 aliphatic rings. The molecule has 2 aromatic rings. The topological polar surface area (TPSA) is 94.1 Å². The summed E-state index contributed by atoms with van der Waals surface area (Å²) in [5.74, 6) is -0.978. The van der Waals surface area contributed by atoms with Gasteiger partial charge in [0.25, 0.3) is 0 Å². The van der Waals surface area contributed by atoms with Crippen molar-refractivity contribution in [1.29, 1.82) is 0 Å². The van der Waals surface area contributed by atoms with E-state index in [0.29, 0.717) is 17.5 Å². The number of nitrogens with zero attached hydrogens (tertiary/aromatic N) is 3. The number of anilines is 1. The van der Waals surface area contributed by atoms with E-state index < -0.39 is 13.6 Å². The number of benzene rings is 1. The van der Waals surface area contributed by atoms with Gasteiger partial charge >= 0.3 is 5.97 Å². The van der Waals surface area contributed by atoms with Gasteiger partial charge in [-0.25, -0.2) is 15.0 Å². The average molecular weight is 555 g/mol. The number of hydrogen-bond donors (Lipinski definition) is 1. The van der Waals surface area contributed by atoms with E-state index in [4.69, 9.17) is 85.9 Å². The van der Waals surface area contributed by atoms with Gasteiger partial charge in [0.05, 0.1) is 17.3 Å². The van der Waals surface area contributed by atoms with Gasteiger partial charge in [0.1, 0.15) is 12.8 Å². The average Bonchev–Trinajstić information content (AvgIpc) is 2.65. The van der Waals surface area contributed by atoms with Crippen LogP contribution >= 0.6 is 81.2 Å². The number of rotatable bonds is 7. The third kappa shape index (κ3) is 7.41. The molecule has 1 aromatic heterocycles. The van der Waals surface area contributed by atoms with Gasteiger partial charge in [0, 0.05) is 12.0 Å². The summed E-state index contributed by atoms with van der Waals surface area (Å²) < 4.78 is 0.873. The largest absolute Gasteiger partial charge is 0.464 e. The quantitative estimate of drug-likeness (QED) is 0.212. The smallest absolute Gasteiger partial charge is 0.325 e. The van der Waals surface area contributed by atoms with Crippen molar-refractivity contribution in [1.82, 2.24) is 15.0 Å². The molecule has 0 amide bonds. The molecule has 0 saturated carbocycles. The van der Waals surface area contributed by atoms with Crippen LogP contribution in [0.15, 0.2) is 18.2 Å². The van der Waals surface area contributed by atoms with E-state index in [1.54, 1.807) is 12.1 Å². The number of ether oxygens (including phenoxy) is 1. The zero-order valence-electron chi connectivity index (χ0n) is 14.6. The van der Waals surface area contributed by atoms with Gasteiger partial charge in [-0.2, -0.15) is 0 Å². The van der Waals surface area contributed by atoms with Gasteiger partial charge in [0.2, 0.25) is 7.59 Å². The summed E-state index contributed by atoms with van der Waals surface area (Å²) >= 11 is 41.4. The highest BCUT2D eigenvalue weighted by Crippen LogP contribution is 2.41. The normalized spacial score (nSPS) is 11.8. The SMILES string of the molecule is O=CCCOC(=O)CNc1ccc(-c2nc(C(Cl)(Cl)Cl)nc(C(Cl)(Cl)Cl)n2)cc1Cl. The van der Waals surface area contributed by atoms with Crippen molar-refractivity contribution in [3.05, 3.63) is 34.9 Å². The number of alkyl halides is 6. The number of nitrogens with one attached hydrogen (secondary N) is 1. The zero-order chi connectivity index (χ0) is 22.5. The Balaban J connectivity index is 2.27. The number of halogens is 7. The predicted molar refractivity (Wildman–Crippen MR) is 119 cm³/mol. The maximum Gasteiger partial charge on any atom is 0.325 e. The Bertz CT molecular complexity index is 900. The second-order valence-electron chi connectivity index (χ2n) is 5.53. The highest BCUT2D eigenvalue weighted by atomic mass is 35.6. The second-order valence-corrected chi connectivity index (χ2v) is 10.5. The summed E-state index contributed by atoms with van der Waals surface area (Å²) in [5, 5.41) is 3.05. The first-order valence-electron chi connectivity index (χ1n) is 7.95. The number of carbonyl (C=O) groups excluding carboxylic acids is 2. The number of hydrogen-bond acceptors (Lipinski definition) is 7. The maximum absolute atomic E-state index is 11.6. The Hall–Kier alpha value is -0.800. The Morgan fingerprint density at radius 3 is 2.13 bits per heavy atom. The van der Waals surface area contributed by atoms with E-state index in [9.17, 15) is 9.59 Å². The minimum absolute atomic E-state index is 0.00709. The molecular formula is C16H11Cl7N4O3. The van der Waals surface area contributed by atoms with Crippen LogP contribution in [0, 0.1) is 0 Å². The van der Waals surface area contributed by atoms with Crippen molar-refractivity contribution >= 4 is 99.1 Å². The Kier molecular flexibility index (Phi) is 9.06. The lowest BCUT2D eigenvalue weighted by Crippen LogP contribution is -2.18. The lowest BCUT2D eigenvalue weighted by Gasteiger charge is -2.16. The number of aldehydes is 1. The first-order chi connectivity index (χ1) is 13.9. The fourth-order valence-corrected chi connectivity index (χ4v) is 2.75. The highest BCUT2D eigenvalue weighted by molar-refractivity contribution is 6.67. The minimum atomic E-state index is -1.99. The van der Waals surface area contributed by atoms with Crippen molar-refractivity contribution in [3.8, 4) is 11.4 Å². The van der Waals surface area contributed by atoms with E-state index in [0.717, 1.165) is 0 Å². The fourth-order valence-electron chi connectivity index (χ4n) is 2.00. The third-order valence-corrected chi connectivity index (χ3v) is 4.62. The van der Waals surface area contributed by atoms with Crippen LogP contribution in [0.1, 0.15) is 18.1 Å². The van der Waals surface area contributed by atoms with Crippen LogP contribution < -0.4 is 5.32 Å². The molecule has 0 fully saturated rings. The van der Waals surface area contributed by atoms with Crippen molar-refractivity contribution < 1.29 is 14.3 Å². The standard InChI is InChI=1S/C16H11Cl7N4O3/c17-9-6-8(2-3-10(9)24-7-11(29)30-5-1-4-28)12-25-13(15(18,19)20)27-14(26-12)16(21,22)23/h2-4,6,24H,1,5,7H2. The van der Waals surface area contributed by atoms with Crippen molar-refractivity contribution in [2.24, 2.45) is 0 Å². The van der Waals surface area contributed by atoms with Gasteiger partial charge in [-0.3, -0.25) is 4.79 Å². The van der Waals surface area contributed by atoms with Gasteiger partial charge in [-0.1, -0.05) is 81.2 Å². The van der Waals surface area contributed by atoms with E-state index in [-0.39, 0.29) is 42.1 Å². The number of aromatic nitrogens is 3. The lowest BCUT2D eigenvalue weighted by molar-refractivity contribution is -0.141. The molecule has 1 N–H and O–H groups in total. The Morgan fingerprint density at radius 1 is 1.03 bits per heavy atom. The van der Waals surface area contributed by atoms with E-state index in [1.807, 2.05) is 0 Å². The molecule has 0 bridgehead atoms. The molecule has 7 nitrogen and oxygen atoms in total. The summed E-state index contributed by atoms with van der Waals surface area (Å²) in [6.07, 6.45) is 0.777. The molecule has 0 saturated heterocycles. The first kappa shape index (κ1) is 25.5. The van der Waals surface area contributed by atoms with Crippen LogP contribution in [0.5, 0.6) is 0 Å². The molecule has 1 heterocycles. The maximum atomic E-state index is 11.6. The van der Waals surface area contributed by atoms with Crippen LogP contribution in [-0.2, 0) is 21.9 Å². The second kappa shape index (κ2) is 10.7. The zero-order valence-corrected chi connectivity index (χ0v) is 19.9. The molecule has 0 aliphatic heterocycles. The first-order valence-corrected chi connectivity index (χ1v) is 10.6. The van der Waals surface area contributed by atoms with Crippen molar-refractivity contribution in [2.75, 3.05) is 18.5 Å². The van der Waals surface area contributed by atoms with Gasteiger partial charge in [0.15, 0.2) is 17.5 Å². The fraction of sp³-hybridized carbons (Fsp3) is 0.312. The van der Waals surface area contributed by atoms with Crippen molar-refractivity contribution in [3.63, 3.8) is 0 Å². The van der Waals surface area contributed by atoms with E-state index >= 15 is 0 Å². The summed E-state index contributed by atoms with van der Waals surface area (Å²) in [6.45, 7) is -0.147. The van der Waals surface area contributed by atoms with Crippen LogP contribution in [0.3, 0.4) is 0 Å². The number of esters is 1. The molecule has 2 rings (SSSR count). The van der Waals surface area contributed by atoms with Crippen LogP contribution in [-0.4, -0.2) is 40.4 Å². The van der Waals surface area contributed by atoms with Crippen LogP contribution in [0.25, 0.3) is 11.4 Å². The monoisotopic (exact) mass is 552 g/mol. The Labute approximate surface area is 206 Å². The Morgan fingerprint density at radius 2 is 1.63 bits per heavy atom. The molecule has 14 heteroatoms. The number of carbonyl (C=O) groups is 2. The molecule has 0 atom stereocenters. The minimum Gasteiger partial charge on any atom is -0.464 e. The van der Waals surface area contributed by atoms with Crippen LogP contribution in [0.4, 0.5) is 5.69 Å². The summed E-state index contributed by atoms with van der Waals surface area (Å²) in [5.41, 5.74) is 0.845. The molecule has 1 aromatic carbocycles. The molecule has 0 aliphatic carbocycles. The van der Waals surface area contributed by atoms with Crippen LogP contribution in [0.2, 0.25) is 5.02 Å². The molecule has 0 spiro atoms. The third-order valence-electron chi connectivity index (χ3n) is 3.29. The molecular weight excluding hydrogens is 544 g/mol. The molecule has 162 valence electrons. The van der Waals surface area contributed by atoms with Gasteiger partial charge in [-0.05, 0) is 18.2 Å². The van der Waals surface area contributed by atoms with E-state index in [2.05, 4.69) is 20.3 Å². The molecule has 0 radical (unpaired) electrons. The van der Waals surface area contributed by atoms with Crippen molar-refractivity contribution in [2.45, 2.75) is 14.0 Å². The summed E-state index contributed by atoms with van der Waals surface area (Å²) in [7, 11) is 0. The lowest BCUT2D eigenvalue weighted by atomic mass is 10.2. The molecule has 30 heavy (non-hydrogen) atoms. The summed E-state index contributed by atoms with van der Waals surface area (Å²) in [6, 6.07) is 4.66. The highest BCUT2D eigenvalue weighted by Gasteiger charge is 2.34. The predicted octanol–water partition coefficient (Wildman–Crippen LogP) is 5.39. The summed E-state index contributed by atoms with van der Waals surface area (Å²) in [4.78, 5) is 33.9. The van der Waals surface area contributed by atoms with E-state index in [1.165, 1.54) is 6.07 Å².